The van der Waals surface area contributed by atoms with Crippen molar-refractivity contribution >= 4 is 29.3 Å². The van der Waals surface area contributed by atoms with Crippen LogP contribution in [0.15, 0.2) is 17.6 Å². The summed E-state index contributed by atoms with van der Waals surface area (Å²) in [6.07, 6.45) is 6.72. The number of nitrogen functional groups attached to an aromatic ring is 1. The number of nitrogens with two attached hydrogens (primary N) is 1. The van der Waals surface area contributed by atoms with E-state index in [0.29, 0.717) is 17.4 Å². The Morgan fingerprint density at radius 2 is 2.11 bits per heavy atom. The number of aromatic amines is 1. The second-order valence-corrected chi connectivity index (χ2v) is 7.81. The third-order valence-corrected chi connectivity index (χ3v) is 6.22. The van der Waals surface area contributed by atoms with Gasteiger partial charge in [-0.05, 0) is 19.1 Å². The van der Waals surface area contributed by atoms with Crippen LogP contribution in [0.2, 0.25) is 0 Å². The molecule has 0 unspecified atom stereocenters. The number of H-pyrrole nitrogens is 1. The van der Waals surface area contributed by atoms with Gasteiger partial charge in [0.15, 0.2) is 5.16 Å². The number of nitrogens with zero attached hydrogens (tertiary/aromatic N) is 5. The van der Waals surface area contributed by atoms with Gasteiger partial charge in [-0.3, -0.25) is 4.79 Å². The van der Waals surface area contributed by atoms with Crippen molar-refractivity contribution in [2.75, 3.05) is 36.5 Å². The van der Waals surface area contributed by atoms with Gasteiger partial charge in [0, 0.05) is 44.2 Å². The van der Waals surface area contributed by atoms with Crippen molar-refractivity contribution in [3.63, 3.8) is 0 Å². The van der Waals surface area contributed by atoms with E-state index >= 15 is 0 Å². The molecule has 1 saturated heterocycles. The number of imidazole rings is 1. The van der Waals surface area contributed by atoms with E-state index in [9.17, 15) is 4.79 Å². The van der Waals surface area contributed by atoms with Crippen molar-refractivity contribution in [1.29, 1.82) is 0 Å². The van der Waals surface area contributed by atoms with Crippen LogP contribution in [0.3, 0.4) is 0 Å². The average Bonchev–Trinajstić information content (AvgIpc) is 3.18. The largest absolute Gasteiger partial charge is 0.383 e. The van der Waals surface area contributed by atoms with Crippen molar-refractivity contribution in [1.82, 2.24) is 24.8 Å². The zero-order chi connectivity index (χ0) is 19.0. The minimum Gasteiger partial charge on any atom is -0.383 e. The molecule has 0 aromatic carbocycles. The fourth-order valence-electron chi connectivity index (χ4n) is 4.33. The van der Waals surface area contributed by atoms with Gasteiger partial charge in [-0.15, -0.1) is 0 Å². The van der Waals surface area contributed by atoms with Gasteiger partial charge in [-0.2, -0.15) is 0 Å². The van der Waals surface area contributed by atoms with Gasteiger partial charge in [0.05, 0.1) is 17.6 Å². The molecule has 0 bridgehead atoms. The molecule has 0 aliphatic carbocycles. The number of carbonyl (C=O) groups is 1. The number of anilines is 2. The van der Waals surface area contributed by atoms with E-state index in [-0.39, 0.29) is 11.4 Å². The van der Waals surface area contributed by atoms with Crippen LogP contribution in [0.4, 0.5) is 11.6 Å². The molecule has 8 nitrogen and oxygen atoms in total. The van der Waals surface area contributed by atoms with Crippen LogP contribution in [0, 0.1) is 0 Å². The first-order valence-corrected chi connectivity index (χ1v) is 10.6. The van der Waals surface area contributed by atoms with Crippen LogP contribution < -0.4 is 10.6 Å². The van der Waals surface area contributed by atoms with Crippen LogP contribution in [0.1, 0.15) is 37.6 Å². The van der Waals surface area contributed by atoms with Gasteiger partial charge >= 0.3 is 0 Å². The van der Waals surface area contributed by atoms with Gasteiger partial charge in [0.25, 0.3) is 0 Å². The Hall–Kier alpha value is -2.29. The first-order chi connectivity index (χ1) is 13.1. The van der Waals surface area contributed by atoms with Gasteiger partial charge in [0.2, 0.25) is 5.91 Å². The van der Waals surface area contributed by atoms with Crippen LogP contribution in [0.5, 0.6) is 0 Å². The monoisotopic (exact) mass is 387 g/mol. The van der Waals surface area contributed by atoms with Gasteiger partial charge in [-0.25, -0.2) is 15.0 Å². The number of fused-ring (bicyclic) bond motifs is 2. The Morgan fingerprint density at radius 3 is 2.81 bits per heavy atom. The van der Waals surface area contributed by atoms with Crippen molar-refractivity contribution < 1.29 is 4.79 Å². The highest BCUT2D eigenvalue weighted by Crippen LogP contribution is 2.43. The molecule has 0 atom stereocenters. The summed E-state index contributed by atoms with van der Waals surface area (Å²) in [5.41, 5.74) is 7.84. The molecule has 9 heteroatoms. The Morgan fingerprint density at radius 1 is 1.33 bits per heavy atom. The minimum atomic E-state index is -0.321. The molecule has 1 spiro atoms. The lowest BCUT2D eigenvalue weighted by Gasteiger charge is -2.50. The summed E-state index contributed by atoms with van der Waals surface area (Å²) in [5.74, 6) is 1.54. The molecule has 2 aliphatic heterocycles. The number of carbonyl (C=O) groups excluding carboxylic acids is 1. The van der Waals surface area contributed by atoms with Crippen molar-refractivity contribution in [3.05, 3.63) is 23.8 Å². The number of rotatable bonds is 3. The van der Waals surface area contributed by atoms with Crippen molar-refractivity contribution in [2.45, 2.75) is 43.3 Å². The molecule has 144 valence electrons. The Balaban J connectivity index is 1.63. The smallest absolute Gasteiger partial charge is 0.223 e. The van der Waals surface area contributed by atoms with E-state index in [4.69, 9.17) is 5.73 Å². The molecular formula is C18H25N7OS. The lowest BCUT2D eigenvalue weighted by Crippen LogP contribution is -2.58. The topological polar surface area (TPSA) is 104 Å². The fourth-order valence-corrected chi connectivity index (χ4v) is 4.71. The maximum absolute atomic E-state index is 12.7. The maximum atomic E-state index is 12.7. The molecule has 2 aromatic heterocycles. The number of nitrogens with one attached hydrogen (secondary N) is 1. The lowest BCUT2D eigenvalue weighted by atomic mass is 9.78. The maximum Gasteiger partial charge on any atom is 0.223 e. The number of amides is 1. The molecule has 27 heavy (non-hydrogen) atoms. The molecule has 3 N–H and O–H groups in total. The zero-order valence-corrected chi connectivity index (χ0v) is 16.6. The summed E-state index contributed by atoms with van der Waals surface area (Å²) in [7, 11) is 0. The number of piperidine rings is 1. The second kappa shape index (κ2) is 7.03. The summed E-state index contributed by atoms with van der Waals surface area (Å²) in [6, 6.07) is 1.83. The number of aromatic nitrogens is 4. The fraction of sp³-hybridized carbons (Fsp3) is 0.556. The normalized spacial score (nSPS) is 18.6. The van der Waals surface area contributed by atoms with Crippen LogP contribution in [-0.2, 0) is 16.8 Å². The van der Waals surface area contributed by atoms with Crippen LogP contribution >= 0.6 is 11.8 Å². The Bertz CT molecular complexity index is 844. The van der Waals surface area contributed by atoms with Gasteiger partial charge < -0.3 is 20.5 Å². The average molecular weight is 388 g/mol. The molecule has 0 radical (unpaired) electrons. The van der Waals surface area contributed by atoms with Gasteiger partial charge in [-0.1, -0.05) is 18.7 Å². The molecule has 2 aliphatic rings. The van der Waals surface area contributed by atoms with E-state index in [0.717, 1.165) is 50.4 Å². The SMILES string of the molecule is CCC(=O)N1CCc2[nH]cnc2C12CCN(c1cc(N)nc(SC)n1)CC2. The molecule has 1 amide bonds. The molecule has 4 heterocycles. The number of hydrogen-bond acceptors (Lipinski definition) is 7. The predicted molar refractivity (Wildman–Crippen MR) is 106 cm³/mol. The first-order valence-electron chi connectivity index (χ1n) is 9.34. The van der Waals surface area contributed by atoms with Crippen LogP contribution in [-0.4, -0.2) is 56.6 Å². The third-order valence-electron chi connectivity index (χ3n) is 5.67. The first kappa shape index (κ1) is 18.1. The highest BCUT2D eigenvalue weighted by atomic mass is 32.2. The van der Waals surface area contributed by atoms with E-state index in [1.807, 2.05) is 19.2 Å². The van der Waals surface area contributed by atoms with Crippen molar-refractivity contribution in [3.8, 4) is 0 Å². The highest BCUT2D eigenvalue weighted by molar-refractivity contribution is 7.98. The second-order valence-electron chi connectivity index (χ2n) is 7.03. The van der Waals surface area contributed by atoms with E-state index in [1.165, 1.54) is 17.5 Å². The minimum absolute atomic E-state index is 0.202. The lowest BCUT2D eigenvalue weighted by molar-refractivity contribution is -0.140. The highest BCUT2D eigenvalue weighted by Gasteiger charge is 2.48. The molecule has 1 fully saturated rings. The summed E-state index contributed by atoms with van der Waals surface area (Å²) in [4.78, 5) is 33.7. The Kier molecular flexibility index (Phi) is 4.71. The quantitative estimate of drug-likeness (QED) is 0.611. The molecular weight excluding hydrogens is 362 g/mol. The molecule has 0 saturated carbocycles. The summed E-state index contributed by atoms with van der Waals surface area (Å²) in [6.45, 7) is 4.27. The van der Waals surface area contributed by atoms with E-state index in [2.05, 4.69) is 29.7 Å². The number of hydrogen-bond donors (Lipinski definition) is 2. The summed E-state index contributed by atoms with van der Waals surface area (Å²) >= 11 is 1.49. The van der Waals surface area contributed by atoms with Crippen LogP contribution in [0.25, 0.3) is 0 Å². The van der Waals surface area contributed by atoms with Gasteiger partial charge in [0.1, 0.15) is 11.6 Å². The predicted octanol–water partition coefficient (Wildman–Crippen LogP) is 1.79. The summed E-state index contributed by atoms with van der Waals surface area (Å²) in [5, 5.41) is 0.681. The molecule has 2 aromatic rings. The zero-order valence-electron chi connectivity index (χ0n) is 15.7. The standard InChI is InChI=1S/C18H25N7OS/c1-3-15(26)25-7-4-12-16(21-11-20-12)18(25)5-8-24(9-6-18)14-10-13(19)22-17(23-14)27-2/h10-11H,3-9H2,1-2H3,(H,20,21)(H2,19,22,23). The Labute approximate surface area is 163 Å². The van der Waals surface area contributed by atoms with Crippen molar-refractivity contribution in [2.24, 2.45) is 0 Å². The van der Waals surface area contributed by atoms with E-state index < -0.39 is 0 Å². The number of thioether (sulfide) groups is 1. The molecule has 4 rings (SSSR count). The summed E-state index contributed by atoms with van der Waals surface area (Å²) < 4.78 is 0. The third kappa shape index (κ3) is 3.03. The van der Waals surface area contributed by atoms with E-state index in [1.54, 1.807) is 6.33 Å².